The van der Waals surface area contributed by atoms with Crippen LogP contribution in [0.1, 0.15) is 97.3 Å². The van der Waals surface area contributed by atoms with Crippen LogP contribution in [0.3, 0.4) is 0 Å². The van der Waals surface area contributed by atoms with Crippen LogP contribution in [0.15, 0.2) is 0 Å². The molecule has 0 fully saturated rings. The van der Waals surface area contributed by atoms with Crippen LogP contribution in [0.25, 0.3) is 0 Å². The van der Waals surface area contributed by atoms with E-state index in [0.717, 1.165) is 25.7 Å². The first-order valence-corrected chi connectivity index (χ1v) is 11.1. The monoisotopic (exact) mass is 372 g/mol. The molecule has 4 nitrogen and oxygen atoms in total. The van der Waals surface area contributed by atoms with Crippen molar-refractivity contribution in [1.82, 2.24) is 0 Å². The molecule has 0 amide bonds. The molecular formula is C18H37NaO4S. The Kier molecular flexibility index (Phi) is 21.1. The van der Waals surface area contributed by atoms with Crippen LogP contribution < -0.4 is 29.6 Å². The predicted molar refractivity (Wildman–Crippen MR) is 95.7 cm³/mol. The van der Waals surface area contributed by atoms with Crippen molar-refractivity contribution in [2.24, 2.45) is 0 Å². The zero-order valence-corrected chi connectivity index (χ0v) is 19.0. The van der Waals surface area contributed by atoms with E-state index in [1.165, 1.54) is 51.4 Å². The van der Waals surface area contributed by atoms with Gasteiger partial charge >= 0.3 is 29.6 Å². The van der Waals surface area contributed by atoms with Gasteiger partial charge in [0.05, 0.1) is 16.2 Å². The molecule has 140 valence electrons. The summed E-state index contributed by atoms with van der Waals surface area (Å²) >= 11 is 0. The van der Waals surface area contributed by atoms with Gasteiger partial charge in [0.15, 0.2) is 0 Å². The molecule has 0 aromatic rings. The molecule has 1 unspecified atom stereocenters. The Morgan fingerprint density at radius 1 is 0.792 bits per heavy atom. The third-order valence-electron chi connectivity index (χ3n) is 4.17. The first-order chi connectivity index (χ1) is 11.0. The van der Waals surface area contributed by atoms with Gasteiger partial charge in [-0.3, -0.25) is 0 Å². The van der Waals surface area contributed by atoms with Crippen molar-refractivity contribution >= 4 is 10.1 Å². The van der Waals surface area contributed by atoms with Crippen molar-refractivity contribution < 1.29 is 47.3 Å². The molecule has 0 aliphatic heterocycles. The Morgan fingerprint density at radius 3 is 1.83 bits per heavy atom. The maximum atomic E-state index is 10.8. The van der Waals surface area contributed by atoms with Crippen LogP contribution in [0.2, 0.25) is 0 Å². The van der Waals surface area contributed by atoms with E-state index in [1.807, 2.05) is 0 Å². The molecule has 0 heterocycles. The zero-order valence-electron chi connectivity index (χ0n) is 16.2. The van der Waals surface area contributed by atoms with Gasteiger partial charge in [-0.15, -0.1) is 0 Å². The third kappa shape index (κ3) is 20.9. The minimum Gasteiger partial charge on any atom is -0.748 e. The fraction of sp³-hybridized carbons (Fsp3) is 1.00. The average Bonchev–Trinajstić information content (AvgIpc) is 2.49. The second-order valence-corrected chi connectivity index (χ2v) is 8.04. The van der Waals surface area contributed by atoms with Gasteiger partial charge in [-0.2, -0.15) is 0 Å². The number of hydrogen-bond acceptors (Lipinski definition) is 4. The molecule has 6 heteroatoms. The maximum Gasteiger partial charge on any atom is 1.00 e. The molecule has 0 aromatic carbocycles. The van der Waals surface area contributed by atoms with E-state index in [1.54, 1.807) is 0 Å². The van der Waals surface area contributed by atoms with Crippen molar-refractivity contribution in [2.45, 2.75) is 103 Å². The number of unbranched alkanes of at least 4 members (excludes halogenated alkanes) is 9. The van der Waals surface area contributed by atoms with Crippen molar-refractivity contribution in [3.8, 4) is 0 Å². The van der Waals surface area contributed by atoms with E-state index in [0.29, 0.717) is 13.0 Å². The van der Waals surface area contributed by atoms with Crippen LogP contribution in [0, 0.1) is 0 Å². The van der Waals surface area contributed by atoms with Gasteiger partial charge in [-0.25, -0.2) is 8.42 Å². The first-order valence-electron chi connectivity index (χ1n) is 9.54. The Labute approximate surface area is 172 Å². The summed E-state index contributed by atoms with van der Waals surface area (Å²) in [5.41, 5.74) is 0. The number of ether oxygens (including phenoxy) is 1. The molecule has 0 aromatic heterocycles. The van der Waals surface area contributed by atoms with E-state index < -0.39 is 10.1 Å². The van der Waals surface area contributed by atoms with Crippen molar-refractivity contribution in [3.63, 3.8) is 0 Å². The summed E-state index contributed by atoms with van der Waals surface area (Å²) in [6, 6.07) is 0. The van der Waals surface area contributed by atoms with E-state index in [-0.39, 0.29) is 41.4 Å². The molecular weight excluding hydrogens is 335 g/mol. The molecule has 0 bridgehead atoms. The third-order valence-corrected chi connectivity index (χ3v) is 4.91. The van der Waals surface area contributed by atoms with Crippen LogP contribution in [0.4, 0.5) is 0 Å². The first kappa shape index (κ1) is 27.1. The molecule has 0 radical (unpaired) electrons. The minimum absolute atomic E-state index is 0. The molecule has 0 rings (SSSR count). The molecule has 0 saturated heterocycles. The zero-order chi connectivity index (χ0) is 17.4. The van der Waals surface area contributed by atoms with Gasteiger partial charge in [0.1, 0.15) is 0 Å². The fourth-order valence-corrected chi connectivity index (χ4v) is 3.25. The van der Waals surface area contributed by atoms with Gasteiger partial charge in [0.25, 0.3) is 0 Å². The van der Waals surface area contributed by atoms with Crippen molar-refractivity contribution in [2.75, 3.05) is 12.4 Å². The summed E-state index contributed by atoms with van der Waals surface area (Å²) in [4.78, 5) is 0. The van der Waals surface area contributed by atoms with Crippen LogP contribution in [-0.2, 0) is 14.9 Å². The Hall–Kier alpha value is 0.870. The molecule has 1 atom stereocenters. The minimum atomic E-state index is -4.13. The number of rotatable bonds is 17. The quantitative estimate of drug-likeness (QED) is 0.223. The second kappa shape index (κ2) is 18.7. The summed E-state index contributed by atoms with van der Waals surface area (Å²) in [7, 11) is -4.13. The molecule has 0 aliphatic rings. The van der Waals surface area contributed by atoms with Gasteiger partial charge in [-0.05, 0) is 19.3 Å². The van der Waals surface area contributed by atoms with Gasteiger partial charge in [-0.1, -0.05) is 78.1 Å². The smallest absolute Gasteiger partial charge is 0.748 e. The van der Waals surface area contributed by atoms with E-state index in [4.69, 9.17) is 4.74 Å². The molecule has 0 saturated carbocycles. The Balaban J connectivity index is 0. The summed E-state index contributed by atoms with van der Waals surface area (Å²) < 4.78 is 38.3. The van der Waals surface area contributed by atoms with Crippen molar-refractivity contribution in [1.29, 1.82) is 0 Å². The largest absolute Gasteiger partial charge is 1.00 e. The van der Waals surface area contributed by atoms with Crippen LogP contribution in [0.5, 0.6) is 0 Å². The topological polar surface area (TPSA) is 66.4 Å². The fourth-order valence-electron chi connectivity index (χ4n) is 2.69. The van der Waals surface area contributed by atoms with E-state index in [2.05, 4.69) is 13.8 Å². The molecule has 0 aliphatic carbocycles. The van der Waals surface area contributed by atoms with Gasteiger partial charge in [0.2, 0.25) is 0 Å². The van der Waals surface area contributed by atoms with Crippen molar-refractivity contribution in [3.05, 3.63) is 0 Å². The predicted octanol–water partition coefficient (Wildman–Crippen LogP) is 2.03. The van der Waals surface area contributed by atoms with E-state index in [9.17, 15) is 13.0 Å². The second-order valence-electron chi connectivity index (χ2n) is 6.51. The molecule has 24 heavy (non-hydrogen) atoms. The SMILES string of the molecule is CCCCCCCCCC(CCS(=O)(=O)[O-])OCCCCCC.[Na+]. The maximum absolute atomic E-state index is 10.8. The summed E-state index contributed by atoms with van der Waals surface area (Å²) in [6.07, 6.45) is 14.3. The standard InChI is InChI=1S/C18H38O4S.Na/c1-3-5-7-9-10-11-12-14-18(15-17-23(19,20)21)22-16-13-8-6-4-2;/h18H,3-17H2,1-2H3,(H,19,20,21);/q;+1/p-1. The molecule has 0 N–H and O–H groups in total. The summed E-state index contributed by atoms with van der Waals surface area (Å²) in [6.45, 7) is 5.07. The summed E-state index contributed by atoms with van der Waals surface area (Å²) in [5.74, 6) is -0.302. The normalized spacial score (nSPS) is 12.8. The summed E-state index contributed by atoms with van der Waals surface area (Å²) in [5, 5.41) is 0. The van der Waals surface area contributed by atoms with Gasteiger partial charge < -0.3 is 9.29 Å². The molecule has 0 spiro atoms. The van der Waals surface area contributed by atoms with Crippen LogP contribution in [-0.4, -0.2) is 31.4 Å². The van der Waals surface area contributed by atoms with Crippen LogP contribution >= 0.6 is 0 Å². The number of hydrogen-bond donors (Lipinski definition) is 0. The average molecular weight is 373 g/mol. The Bertz CT molecular complexity index is 347. The van der Waals surface area contributed by atoms with Gasteiger partial charge in [0, 0.05) is 12.4 Å². The Morgan fingerprint density at radius 2 is 1.29 bits per heavy atom. The van der Waals surface area contributed by atoms with E-state index >= 15 is 0 Å².